The van der Waals surface area contributed by atoms with E-state index in [9.17, 15) is 19.2 Å². The number of likely N-dealkylation sites (tertiary alicyclic amines) is 3. The molecule has 3 aliphatic rings. The van der Waals surface area contributed by atoms with Crippen LogP contribution in [-0.2, 0) is 9.59 Å². The smallest absolute Gasteiger partial charge is 0.241 e. The van der Waals surface area contributed by atoms with E-state index in [2.05, 4.69) is 6.07 Å². The van der Waals surface area contributed by atoms with Crippen LogP contribution in [-0.4, -0.2) is 70.3 Å². The summed E-state index contributed by atoms with van der Waals surface area (Å²) < 4.78 is 13.6. The highest BCUT2D eigenvalue weighted by molar-refractivity contribution is 5.87. The van der Waals surface area contributed by atoms with Crippen LogP contribution in [0.15, 0.2) is 24.3 Å². The quantitative estimate of drug-likeness (QED) is 0.798. The standard InChI is InChI=1S/C21H26FN5O2/c1-13(14-4-2-5-15(22)8-14)27-17-9-19(21(27)29)25(11-17)12-18(24)20(28)26-7-3-6-16(26)10-23/h2,4-5,8,13,16-19H,3,6-7,9,11-12,24H2,1H3/t13?,16?,17-,18?,19+/m1/s1. The predicted octanol–water partition coefficient (Wildman–Crippen LogP) is 1.01. The molecule has 8 heteroatoms. The van der Waals surface area contributed by atoms with Gasteiger partial charge in [0.15, 0.2) is 0 Å². The van der Waals surface area contributed by atoms with Crippen molar-refractivity contribution in [1.82, 2.24) is 14.7 Å². The monoisotopic (exact) mass is 399 g/mol. The predicted molar refractivity (Wildman–Crippen MR) is 104 cm³/mol. The third kappa shape index (κ3) is 3.49. The second kappa shape index (κ2) is 7.73. The molecule has 154 valence electrons. The van der Waals surface area contributed by atoms with Crippen LogP contribution in [0.2, 0.25) is 0 Å². The Bertz CT molecular complexity index is 856. The van der Waals surface area contributed by atoms with Crippen molar-refractivity contribution in [1.29, 1.82) is 5.26 Å². The highest BCUT2D eigenvalue weighted by Gasteiger charge is 2.51. The Hall–Kier alpha value is -2.50. The highest BCUT2D eigenvalue weighted by Crippen LogP contribution is 2.38. The number of fused-ring (bicyclic) bond motifs is 2. The minimum absolute atomic E-state index is 0.00809. The first-order valence-electron chi connectivity index (χ1n) is 10.2. The molecule has 0 aromatic heterocycles. The van der Waals surface area contributed by atoms with Gasteiger partial charge < -0.3 is 15.5 Å². The van der Waals surface area contributed by atoms with Crippen LogP contribution >= 0.6 is 0 Å². The summed E-state index contributed by atoms with van der Waals surface area (Å²) in [6.45, 7) is 3.44. The molecule has 2 N–H and O–H groups in total. The number of nitrogens with zero attached hydrogens (tertiary/aromatic N) is 4. The van der Waals surface area contributed by atoms with Crippen LogP contribution in [0.1, 0.15) is 37.8 Å². The minimum atomic E-state index is -0.745. The molecule has 1 aromatic rings. The largest absolute Gasteiger partial charge is 0.330 e. The van der Waals surface area contributed by atoms with Crippen molar-refractivity contribution >= 4 is 11.8 Å². The molecule has 3 fully saturated rings. The molecule has 0 aliphatic carbocycles. The molecule has 0 spiro atoms. The molecule has 3 aliphatic heterocycles. The van der Waals surface area contributed by atoms with E-state index in [1.165, 1.54) is 12.1 Å². The number of nitrogens with two attached hydrogens (primary N) is 1. The summed E-state index contributed by atoms with van der Waals surface area (Å²) in [6, 6.07) is 6.92. The number of hydrogen-bond donors (Lipinski definition) is 1. The van der Waals surface area contributed by atoms with Gasteiger partial charge >= 0.3 is 0 Å². The van der Waals surface area contributed by atoms with Crippen LogP contribution in [0.4, 0.5) is 4.39 Å². The van der Waals surface area contributed by atoms with Gasteiger partial charge in [0.1, 0.15) is 11.9 Å². The Kier molecular flexibility index (Phi) is 5.28. The lowest BCUT2D eigenvalue weighted by molar-refractivity contribution is -0.141. The zero-order valence-electron chi connectivity index (χ0n) is 16.5. The van der Waals surface area contributed by atoms with E-state index in [0.717, 1.165) is 12.0 Å². The van der Waals surface area contributed by atoms with Gasteiger partial charge in [-0.25, -0.2) is 4.39 Å². The van der Waals surface area contributed by atoms with Crippen LogP contribution in [0.5, 0.6) is 0 Å². The van der Waals surface area contributed by atoms with Crippen molar-refractivity contribution in [2.75, 3.05) is 19.6 Å². The maximum atomic E-state index is 13.6. The molecular weight excluding hydrogens is 373 g/mol. The van der Waals surface area contributed by atoms with E-state index >= 15 is 0 Å². The summed E-state index contributed by atoms with van der Waals surface area (Å²) in [5.41, 5.74) is 6.94. The number of benzene rings is 1. The fourth-order valence-corrected chi connectivity index (χ4v) is 5.03. The molecule has 2 bridgehead atoms. The molecule has 4 rings (SSSR count). The van der Waals surface area contributed by atoms with E-state index in [1.54, 1.807) is 11.0 Å². The van der Waals surface area contributed by atoms with E-state index in [4.69, 9.17) is 5.73 Å². The second-order valence-corrected chi connectivity index (χ2v) is 8.26. The van der Waals surface area contributed by atoms with Gasteiger partial charge in [-0.2, -0.15) is 5.26 Å². The fourth-order valence-electron chi connectivity index (χ4n) is 5.03. The van der Waals surface area contributed by atoms with E-state index in [-0.39, 0.29) is 35.8 Å². The lowest BCUT2D eigenvalue weighted by Crippen LogP contribution is -2.56. The third-order valence-electron chi connectivity index (χ3n) is 6.50. The molecule has 29 heavy (non-hydrogen) atoms. The Morgan fingerprint density at radius 3 is 2.93 bits per heavy atom. The Labute approximate surface area is 169 Å². The zero-order chi connectivity index (χ0) is 20.7. The number of hydrogen-bond acceptors (Lipinski definition) is 5. The van der Waals surface area contributed by atoms with E-state index < -0.39 is 12.1 Å². The van der Waals surface area contributed by atoms with Crippen molar-refractivity contribution in [3.05, 3.63) is 35.6 Å². The fraction of sp³-hybridized carbons (Fsp3) is 0.571. The number of amides is 2. The van der Waals surface area contributed by atoms with Crippen molar-refractivity contribution in [2.45, 2.75) is 56.4 Å². The molecular formula is C21H26FN5O2. The average Bonchev–Trinajstić information content (AvgIpc) is 3.41. The van der Waals surface area contributed by atoms with Gasteiger partial charge in [-0.15, -0.1) is 0 Å². The van der Waals surface area contributed by atoms with E-state index in [1.807, 2.05) is 22.8 Å². The zero-order valence-corrected chi connectivity index (χ0v) is 16.5. The number of halogens is 1. The van der Waals surface area contributed by atoms with Gasteiger partial charge in [-0.1, -0.05) is 12.1 Å². The first-order valence-corrected chi connectivity index (χ1v) is 10.2. The van der Waals surface area contributed by atoms with Crippen LogP contribution in [0.3, 0.4) is 0 Å². The lowest BCUT2D eigenvalue weighted by atomic mass is 10.1. The maximum Gasteiger partial charge on any atom is 0.241 e. The van der Waals surface area contributed by atoms with Gasteiger partial charge in [-0.05, 0) is 43.9 Å². The number of piperazine rings is 1. The second-order valence-electron chi connectivity index (χ2n) is 8.26. The topological polar surface area (TPSA) is 93.7 Å². The third-order valence-corrected chi connectivity index (χ3v) is 6.50. The molecule has 1 aromatic carbocycles. The molecule has 3 saturated heterocycles. The van der Waals surface area contributed by atoms with E-state index in [0.29, 0.717) is 32.5 Å². The molecule has 3 unspecified atom stereocenters. The normalized spacial score (nSPS) is 28.6. The first kappa shape index (κ1) is 19.8. The van der Waals surface area contributed by atoms with Gasteiger partial charge in [0.05, 0.1) is 24.2 Å². The highest BCUT2D eigenvalue weighted by atomic mass is 19.1. The lowest BCUT2D eigenvalue weighted by Gasteiger charge is -2.38. The van der Waals surface area contributed by atoms with Crippen LogP contribution < -0.4 is 5.73 Å². The molecule has 2 amide bonds. The first-order chi connectivity index (χ1) is 13.9. The molecule has 0 saturated carbocycles. The summed E-state index contributed by atoms with van der Waals surface area (Å²) in [5.74, 6) is -0.516. The summed E-state index contributed by atoms with van der Waals surface area (Å²) in [6.07, 6.45) is 2.20. The number of carbonyl (C=O) groups is 2. The molecule has 0 radical (unpaired) electrons. The Morgan fingerprint density at radius 1 is 1.45 bits per heavy atom. The SMILES string of the molecule is CC(c1cccc(F)c1)N1C(=O)[C@@H]2C[C@@H]1CN2CC(N)C(=O)N1CCCC1C#N. The van der Waals surface area contributed by atoms with Crippen molar-refractivity contribution < 1.29 is 14.0 Å². The number of rotatable bonds is 5. The number of nitriles is 1. The number of carbonyl (C=O) groups excluding carboxylic acids is 2. The van der Waals surface area contributed by atoms with Crippen molar-refractivity contribution in [2.24, 2.45) is 5.73 Å². The molecule has 7 nitrogen and oxygen atoms in total. The van der Waals surface area contributed by atoms with Crippen LogP contribution in [0.25, 0.3) is 0 Å². The average molecular weight is 399 g/mol. The van der Waals surface area contributed by atoms with Gasteiger partial charge in [0, 0.05) is 25.7 Å². The summed E-state index contributed by atoms with van der Waals surface area (Å²) in [5, 5.41) is 9.20. The summed E-state index contributed by atoms with van der Waals surface area (Å²) in [4.78, 5) is 31.1. The van der Waals surface area contributed by atoms with Gasteiger partial charge in [-0.3, -0.25) is 14.5 Å². The summed E-state index contributed by atoms with van der Waals surface area (Å²) >= 11 is 0. The van der Waals surface area contributed by atoms with Crippen molar-refractivity contribution in [3.63, 3.8) is 0 Å². The van der Waals surface area contributed by atoms with Gasteiger partial charge in [0.25, 0.3) is 0 Å². The van der Waals surface area contributed by atoms with Crippen molar-refractivity contribution in [3.8, 4) is 6.07 Å². The van der Waals surface area contributed by atoms with Gasteiger partial charge in [0.2, 0.25) is 11.8 Å². The molecule has 3 heterocycles. The molecule has 5 atom stereocenters. The Morgan fingerprint density at radius 2 is 2.24 bits per heavy atom. The Balaban J connectivity index is 1.40. The van der Waals surface area contributed by atoms with Crippen LogP contribution in [0, 0.1) is 17.1 Å². The maximum absolute atomic E-state index is 13.6. The summed E-state index contributed by atoms with van der Waals surface area (Å²) in [7, 11) is 0. The minimum Gasteiger partial charge on any atom is -0.330 e.